The Bertz CT molecular complexity index is 1060. The van der Waals surface area contributed by atoms with E-state index < -0.39 is 15.8 Å². The van der Waals surface area contributed by atoms with Crippen LogP contribution in [0.15, 0.2) is 47.4 Å². The molecule has 0 aliphatic heterocycles. The maximum Gasteiger partial charge on any atom is 0.339 e. The zero-order chi connectivity index (χ0) is 28.3. The number of carbonyl (C=O) groups is 1. The van der Waals surface area contributed by atoms with Gasteiger partial charge in [0.2, 0.25) is 0 Å². The molecule has 0 radical (unpaired) electrons. The first-order valence-corrected chi connectivity index (χ1v) is 16.4. The van der Waals surface area contributed by atoms with E-state index in [1.54, 1.807) is 18.2 Å². The van der Waals surface area contributed by atoms with Crippen molar-refractivity contribution in [2.45, 2.75) is 115 Å². The third-order valence-electron chi connectivity index (χ3n) is 7.16. The highest BCUT2D eigenvalue weighted by Gasteiger charge is 2.13. The van der Waals surface area contributed by atoms with Crippen molar-refractivity contribution in [3.63, 3.8) is 0 Å². The molecule has 0 saturated heterocycles. The number of aryl methyl sites for hydroxylation is 1. The number of phenols is 1. The Morgan fingerprint density at radius 2 is 1.15 bits per heavy atom. The second kappa shape index (κ2) is 18.7. The van der Waals surface area contributed by atoms with Gasteiger partial charge in [-0.1, -0.05) is 108 Å². The van der Waals surface area contributed by atoms with Gasteiger partial charge in [-0.15, -0.1) is 0 Å². The second-order valence-corrected chi connectivity index (χ2v) is 12.7. The molecule has 0 aliphatic rings. The van der Waals surface area contributed by atoms with Gasteiger partial charge in [-0.05, 0) is 44.0 Å². The van der Waals surface area contributed by atoms with Crippen LogP contribution < -0.4 is 4.74 Å². The van der Waals surface area contributed by atoms with Crippen molar-refractivity contribution in [3.05, 3.63) is 53.6 Å². The Morgan fingerprint density at radius 1 is 0.692 bits per heavy atom. The Balaban J connectivity index is 1.31. The monoisotopic (exact) mass is 560 g/mol. The van der Waals surface area contributed by atoms with Crippen molar-refractivity contribution in [1.82, 2.24) is 0 Å². The quantitative estimate of drug-likeness (QED) is 0.140. The fourth-order valence-electron chi connectivity index (χ4n) is 4.70. The van der Waals surface area contributed by atoms with Gasteiger partial charge in [0, 0.05) is 6.07 Å². The molecule has 0 bridgehead atoms. The molecular formula is C32H48O6S. The van der Waals surface area contributed by atoms with Gasteiger partial charge in [0.1, 0.15) is 17.1 Å². The maximum atomic E-state index is 12.4. The number of aromatic carboxylic acids is 1. The molecule has 2 aromatic carbocycles. The summed E-state index contributed by atoms with van der Waals surface area (Å²) in [6.45, 7) is 2.54. The zero-order valence-corrected chi connectivity index (χ0v) is 24.5. The molecule has 0 atom stereocenters. The standard InChI is InChI=1S/C32H48O6S/c1-27-18-21-29(22-19-27)39(36,37)25-17-15-13-11-9-7-5-3-2-4-6-8-10-12-14-16-24-38-28-20-23-30(32(34)35)31(33)26-28/h18-23,26,33H,2-17,24-25H2,1H3,(H,34,35). The zero-order valence-electron chi connectivity index (χ0n) is 23.7. The molecule has 39 heavy (non-hydrogen) atoms. The Hall–Kier alpha value is -2.54. The predicted octanol–water partition coefficient (Wildman–Crippen LogP) is 8.49. The average molecular weight is 561 g/mol. The van der Waals surface area contributed by atoms with Gasteiger partial charge in [-0.25, -0.2) is 13.2 Å². The lowest BCUT2D eigenvalue weighted by molar-refractivity contribution is 0.0693. The number of hydrogen-bond acceptors (Lipinski definition) is 5. The lowest BCUT2D eigenvalue weighted by atomic mass is 10.0. The molecule has 2 aromatic rings. The Morgan fingerprint density at radius 3 is 1.62 bits per heavy atom. The molecule has 0 heterocycles. The lowest BCUT2D eigenvalue weighted by Crippen LogP contribution is -2.06. The fourth-order valence-corrected chi connectivity index (χ4v) is 6.08. The van der Waals surface area contributed by atoms with Crippen LogP contribution in [0.2, 0.25) is 0 Å². The number of sulfone groups is 1. The number of benzene rings is 2. The Kier molecular flexibility index (Phi) is 15.7. The van der Waals surface area contributed by atoms with Gasteiger partial charge in [-0.3, -0.25) is 0 Å². The van der Waals surface area contributed by atoms with Crippen LogP contribution in [0.5, 0.6) is 11.5 Å². The van der Waals surface area contributed by atoms with E-state index in [1.807, 2.05) is 19.1 Å². The molecule has 218 valence electrons. The minimum Gasteiger partial charge on any atom is -0.507 e. The predicted molar refractivity (Wildman–Crippen MR) is 158 cm³/mol. The number of aromatic hydroxyl groups is 1. The molecule has 0 saturated carbocycles. The molecule has 0 spiro atoms. The van der Waals surface area contributed by atoms with Crippen LogP contribution in [0, 0.1) is 6.92 Å². The van der Waals surface area contributed by atoms with Gasteiger partial charge in [0.25, 0.3) is 0 Å². The van der Waals surface area contributed by atoms with Gasteiger partial charge < -0.3 is 14.9 Å². The van der Waals surface area contributed by atoms with Gasteiger partial charge >= 0.3 is 5.97 Å². The summed E-state index contributed by atoms with van der Waals surface area (Å²) >= 11 is 0. The number of rotatable bonds is 22. The number of carboxylic acids is 1. The minimum atomic E-state index is -3.14. The topological polar surface area (TPSA) is 101 Å². The molecule has 0 unspecified atom stereocenters. The van der Waals surface area contributed by atoms with Crippen molar-refractivity contribution >= 4 is 15.8 Å². The van der Waals surface area contributed by atoms with E-state index in [-0.39, 0.29) is 17.1 Å². The maximum absolute atomic E-state index is 12.4. The summed E-state index contributed by atoms with van der Waals surface area (Å²) in [5.41, 5.74) is 0.964. The van der Waals surface area contributed by atoms with E-state index in [9.17, 15) is 18.3 Å². The van der Waals surface area contributed by atoms with E-state index in [1.165, 1.54) is 82.8 Å². The van der Waals surface area contributed by atoms with Crippen molar-refractivity contribution in [2.24, 2.45) is 0 Å². The van der Waals surface area contributed by atoms with Crippen LogP contribution in [0.25, 0.3) is 0 Å². The molecule has 7 heteroatoms. The van der Waals surface area contributed by atoms with E-state index in [4.69, 9.17) is 9.84 Å². The Labute approximate surface area is 235 Å². The normalized spacial score (nSPS) is 11.5. The largest absolute Gasteiger partial charge is 0.507 e. The molecule has 6 nitrogen and oxygen atoms in total. The van der Waals surface area contributed by atoms with E-state index in [0.29, 0.717) is 17.3 Å². The summed E-state index contributed by atoms with van der Waals surface area (Å²) in [5.74, 6) is -0.662. The number of hydrogen-bond donors (Lipinski definition) is 2. The summed E-state index contributed by atoms with van der Waals surface area (Å²) in [7, 11) is -3.14. The fraction of sp³-hybridized carbons (Fsp3) is 0.594. The SMILES string of the molecule is Cc1ccc(S(=O)(=O)CCCCCCCCCCCCCCCCCCOc2ccc(C(=O)O)c(O)c2)cc1. The first-order chi connectivity index (χ1) is 18.8. The van der Waals surface area contributed by atoms with Crippen molar-refractivity contribution < 1.29 is 28.2 Å². The van der Waals surface area contributed by atoms with Crippen LogP contribution >= 0.6 is 0 Å². The highest BCUT2D eigenvalue weighted by atomic mass is 32.2. The van der Waals surface area contributed by atoms with Gasteiger partial charge in [0.15, 0.2) is 9.84 Å². The van der Waals surface area contributed by atoms with E-state index >= 15 is 0 Å². The first-order valence-electron chi connectivity index (χ1n) is 14.8. The molecule has 2 N–H and O–H groups in total. The van der Waals surface area contributed by atoms with E-state index in [0.717, 1.165) is 37.7 Å². The summed E-state index contributed by atoms with van der Waals surface area (Å²) in [6, 6.07) is 11.4. The van der Waals surface area contributed by atoms with Crippen LogP contribution in [0.3, 0.4) is 0 Å². The van der Waals surface area contributed by atoms with Crippen molar-refractivity contribution in [2.75, 3.05) is 12.4 Å². The van der Waals surface area contributed by atoms with Crippen molar-refractivity contribution in [1.29, 1.82) is 0 Å². The molecule has 0 aliphatic carbocycles. The molecule has 2 rings (SSSR count). The van der Waals surface area contributed by atoms with Crippen LogP contribution in [-0.2, 0) is 9.84 Å². The van der Waals surface area contributed by atoms with Crippen LogP contribution in [0.4, 0.5) is 0 Å². The first kappa shape index (κ1) is 32.7. The van der Waals surface area contributed by atoms with Crippen molar-refractivity contribution in [3.8, 4) is 11.5 Å². The molecule has 0 amide bonds. The molecular weight excluding hydrogens is 512 g/mol. The summed E-state index contributed by atoms with van der Waals surface area (Å²) < 4.78 is 30.3. The highest BCUT2D eigenvalue weighted by Crippen LogP contribution is 2.24. The lowest BCUT2D eigenvalue weighted by Gasteiger charge is -2.08. The molecule has 0 aromatic heterocycles. The molecule has 0 fully saturated rings. The van der Waals surface area contributed by atoms with Crippen LogP contribution in [0.1, 0.15) is 119 Å². The third kappa shape index (κ3) is 13.9. The van der Waals surface area contributed by atoms with Crippen LogP contribution in [-0.4, -0.2) is 37.0 Å². The van der Waals surface area contributed by atoms with E-state index in [2.05, 4.69) is 0 Å². The minimum absolute atomic E-state index is 0.115. The summed E-state index contributed by atoms with van der Waals surface area (Å²) in [4.78, 5) is 11.4. The second-order valence-electron chi connectivity index (χ2n) is 10.6. The van der Waals surface area contributed by atoms with Gasteiger partial charge in [-0.2, -0.15) is 0 Å². The summed E-state index contributed by atoms with van der Waals surface area (Å²) in [5, 5.41) is 18.6. The average Bonchev–Trinajstić information content (AvgIpc) is 2.90. The van der Waals surface area contributed by atoms with Gasteiger partial charge in [0.05, 0.1) is 17.3 Å². The third-order valence-corrected chi connectivity index (χ3v) is 8.97. The highest BCUT2D eigenvalue weighted by molar-refractivity contribution is 7.91. The summed E-state index contributed by atoms with van der Waals surface area (Å²) in [6.07, 6.45) is 19.0. The number of carboxylic acid groups (broad SMARTS) is 1. The smallest absolute Gasteiger partial charge is 0.339 e. The number of unbranched alkanes of at least 4 members (excludes halogenated alkanes) is 15. The number of ether oxygens (including phenoxy) is 1.